The van der Waals surface area contributed by atoms with Gasteiger partial charge in [0, 0.05) is 51.3 Å². The molecule has 1 N–H and O–H groups in total. The average Bonchev–Trinajstić information content (AvgIpc) is 3.21. The zero-order chi connectivity index (χ0) is 17.1. The summed E-state index contributed by atoms with van der Waals surface area (Å²) in [6, 6.07) is 3.99. The fraction of sp³-hybridized carbons (Fsp3) is 0.556. The molecule has 0 unspecified atom stereocenters. The number of amides is 1. The van der Waals surface area contributed by atoms with E-state index in [1.807, 2.05) is 17.2 Å². The normalized spacial score (nSPS) is 20.3. The van der Waals surface area contributed by atoms with Crippen molar-refractivity contribution in [3.63, 3.8) is 0 Å². The second-order valence-electron chi connectivity index (χ2n) is 6.92. The predicted molar refractivity (Wildman–Crippen MR) is 92.9 cm³/mol. The van der Waals surface area contributed by atoms with Crippen LogP contribution in [0, 0.1) is 5.92 Å². The summed E-state index contributed by atoms with van der Waals surface area (Å²) in [6.07, 6.45) is 6.91. The third-order valence-electron chi connectivity index (χ3n) is 5.17. The molecular formula is C18H24N6O. The number of hydrogen-bond donors (Lipinski definition) is 1. The van der Waals surface area contributed by atoms with E-state index in [1.165, 1.54) is 0 Å². The van der Waals surface area contributed by atoms with E-state index in [4.69, 9.17) is 0 Å². The minimum atomic E-state index is 0.279. The van der Waals surface area contributed by atoms with Crippen LogP contribution in [0.4, 0.5) is 0 Å². The number of hydrogen-bond acceptors (Lipinski definition) is 5. The summed E-state index contributed by atoms with van der Waals surface area (Å²) in [5.41, 5.74) is 1.13. The lowest BCUT2D eigenvalue weighted by atomic mass is 10.0. The molecule has 1 saturated heterocycles. The molecule has 0 radical (unpaired) electrons. The van der Waals surface area contributed by atoms with Crippen molar-refractivity contribution in [3.05, 3.63) is 41.7 Å². The highest BCUT2D eigenvalue weighted by molar-refractivity contribution is 5.76. The van der Waals surface area contributed by atoms with Crippen LogP contribution in [0.3, 0.4) is 0 Å². The molecule has 4 heterocycles. The molecule has 0 saturated carbocycles. The van der Waals surface area contributed by atoms with Crippen LogP contribution < -0.4 is 5.32 Å². The van der Waals surface area contributed by atoms with Gasteiger partial charge in [-0.1, -0.05) is 6.07 Å². The summed E-state index contributed by atoms with van der Waals surface area (Å²) in [5.74, 6) is 2.71. The van der Waals surface area contributed by atoms with Gasteiger partial charge in [-0.2, -0.15) is 0 Å². The number of nitrogens with one attached hydrogen (secondary N) is 1. The third-order valence-corrected chi connectivity index (χ3v) is 5.17. The quantitative estimate of drug-likeness (QED) is 0.884. The second kappa shape index (κ2) is 7.31. The van der Waals surface area contributed by atoms with E-state index in [2.05, 4.69) is 31.1 Å². The molecule has 2 aromatic heterocycles. The van der Waals surface area contributed by atoms with Gasteiger partial charge in [0.05, 0.1) is 0 Å². The number of fused-ring (bicyclic) bond motifs is 1. The zero-order valence-corrected chi connectivity index (χ0v) is 14.4. The van der Waals surface area contributed by atoms with Crippen molar-refractivity contribution in [1.82, 2.24) is 30.0 Å². The highest BCUT2D eigenvalue weighted by Gasteiger charge is 2.25. The molecule has 0 aliphatic carbocycles. The van der Waals surface area contributed by atoms with E-state index in [-0.39, 0.29) is 5.91 Å². The van der Waals surface area contributed by atoms with Crippen molar-refractivity contribution in [1.29, 1.82) is 0 Å². The second-order valence-corrected chi connectivity index (χ2v) is 6.92. The Morgan fingerprint density at radius 2 is 2.24 bits per heavy atom. The summed E-state index contributed by atoms with van der Waals surface area (Å²) < 4.78 is 2.18. The van der Waals surface area contributed by atoms with Crippen molar-refractivity contribution < 1.29 is 4.79 Å². The highest BCUT2D eigenvalue weighted by atomic mass is 16.2. The van der Waals surface area contributed by atoms with Crippen LogP contribution in [-0.2, 0) is 24.2 Å². The summed E-state index contributed by atoms with van der Waals surface area (Å²) >= 11 is 0. The smallest absolute Gasteiger partial charge is 0.222 e. The van der Waals surface area contributed by atoms with Gasteiger partial charge in [-0.3, -0.25) is 9.78 Å². The Kier molecular flexibility index (Phi) is 4.74. The van der Waals surface area contributed by atoms with Crippen molar-refractivity contribution in [2.75, 3.05) is 26.2 Å². The fourth-order valence-corrected chi connectivity index (χ4v) is 3.71. The molecule has 2 aliphatic heterocycles. The fourth-order valence-electron chi connectivity index (χ4n) is 3.71. The number of pyridine rings is 1. The molecule has 25 heavy (non-hydrogen) atoms. The van der Waals surface area contributed by atoms with Crippen LogP contribution in [0.15, 0.2) is 24.5 Å². The molecule has 0 spiro atoms. The van der Waals surface area contributed by atoms with Crippen molar-refractivity contribution in [3.8, 4) is 0 Å². The van der Waals surface area contributed by atoms with Crippen LogP contribution in [0.1, 0.15) is 30.1 Å². The van der Waals surface area contributed by atoms with Gasteiger partial charge in [0.2, 0.25) is 5.91 Å². The Morgan fingerprint density at radius 1 is 1.28 bits per heavy atom. The molecule has 4 rings (SSSR count). The molecule has 132 valence electrons. The molecule has 0 bridgehead atoms. The lowest BCUT2D eigenvalue weighted by molar-refractivity contribution is -0.132. The van der Waals surface area contributed by atoms with E-state index < -0.39 is 0 Å². The summed E-state index contributed by atoms with van der Waals surface area (Å²) in [4.78, 5) is 18.8. The van der Waals surface area contributed by atoms with E-state index in [0.717, 1.165) is 69.2 Å². The number of carbonyl (C=O) groups is 1. The standard InChI is InChI=1S/C18H24N6O/c25-18(11-15-3-6-20-13-15)23-7-4-16-21-22-17(24(16)9-8-23)10-14-2-1-5-19-12-14/h1-2,5,12,15,20H,3-4,6-11,13H2/t15-/m0/s1. The zero-order valence-electron chi connectivity index (χ0n) is 14.4. The van der Waals surface area contributed by atoms with Gasteiger partial charge in [0.15, 0.2) is 0 Å². The molecule has 7 nitrogen and oxygen atoms in total. The first kappa shape index (κ1) is 16.2. The SMILES string of the molecule is O=C(C[C@@H]1CCNC1)N1CCc2nnc(Cc3cccnc3)n2CC1. The molecule has 2 aromatic rings. The first-order chi connectivity index (χ1) is 12.3. The minimum absolute atomic E-state index is 0.279. The maximum atomic E-state index is 12.6. The molecule has 0 aromatic carbocycles. The Balaban J connectivity index is 1.41. The van der Waals surface area contributed by atoms with E-state index in [9.17, 15) is 4.79 Å². The monoisotopic (exact) mass is 340 g/mol. The van der Waals surface area contributed by atoms with Crippen LogP contribution in [0.2, 0.25) is 0 Å². The van der Waals surface area contributed by atoms with Crippen LogP contribution in [-0.4, -0.2) is 56.7 Å². The van der Waals surface area contributed by atoms with Gasteiger partial charge in [-0.25, -0.2) is 0 Å². The van der Waals surface area contributed by atoms with Gasteiger partial charge >= 0.3 is 0 Å². The van der Waals surface area contributed by atoms with E-state index in [0.29, 0.717) is 12.3 Å². The first-order valence-corrected chi connectivity index (χ1v) is 9.08. The molecule has 1 atom stereocenters. The van der Waals surface area contributed by atoms with Crippen LogP contribution in [0.25, 0.3) is 0 Å². The number of aromatic nitrogens is 4. The highest BCUT2D eigenvalue weighted by Crippen LogP contribution is 2.17. The largest absolute Gasteiger partial charge is 0.340 e. The minimum Gasteiger partial charge on any atom is -0.340 e. The molecule has 1 amide bonds. The topological polar surface area (TPSA) is 75.9 Å². The van der Waals surface area contributed by atoms with E-state index >= 15 is 0 Å². The number of carbonyl (C=O) groups excluding carboxylic acids is 1. The van der Waals surface area contributed by atoms with Gasteiger partial charge in [-0.05, 0) is 37.1 Å². The lowest BCUT2D eigenvalue weighted by Gasteiger charge is -2.21. The summed E-state index contributed by atoms with van der Waals surface area (Å²) in [5, 5.41) is 12.1. The number of rotatable bonds is 4. The lowest BCUT2D eigenvalue weighted by Crippen LogP contribution is -2.35. The Labute approximate surface area is 147 Å². The van der Waals surface area contributed by atoms with Crippen LogP contribution >= 0.6 is 0 Å². The van der Waals surface area contributed by atoms with Gasteiger partial charge in [0.1, 0.15) is 11.6 Å². The molecule has 1 fully saturated rings. The maximum Gasteiger partial charge on any atom is 0.222 e. The van der Waals surface area contributed by atoms with Crippen LogP contribution in [0.5, 0.6) is 0 Å². The van der Waals surface area contributed by atoms with Crippen molar-refractivity contribution in [2.45, 2.75) is 32.2 Å². The summed E-state index contributed by atoms with van der Waals surface area (Å²) in [6.45, 7) is 4.26. The third kappa shape index (κ3) is 3.71. The average molecular weight is 340 g/mol. The van der Waals surface area contributed by atoms with E-state index in [1.54, 1.807) is 6.20 Å². The van der Waals surface area contributed by atoms with Crippen molar-refractivity contribution >= 4 is 5.91 Å². The first-order valence-electron chi connectivity index (χ1n) is 9.08. The maximum absolute atomic E-state index is 12.6. The molecule has 7 heteroatoms. The Morgan fingerprint density at radius 3 is 3.04 bits per heavy atom. The molecular weight excluding hydrogens is 316 g/mol. The van der Waals surface area contributed by atoms with Gasteiger partial charge < -0.3 is 14.8 Å². The van der Waals surface area contributed by atoms with Gasteiger partial charge in [0.25, 0.3) is 0 Å². The van der Waals surface area contributed by atoms with Gasteiger partial charge in [-0.15, -0.1) is 10.2 Å². The molecule has 2 aliphatic rings. The Hall–Kier alpha value is -2.28. The number of nitrogens with zero attached hydrogens (tertiary/aromatic N) is 5. The summed E-state index contributed by atoms with van der Waals surface area (Å²) in [7, 11) is 0. The van der Waals surface area contributed by atoms with Crippen molar-refractivity contribution in [2.24, 2.45) is 5.92 Å². The Bertz CT molecular complexity index is 722. The predicted octanol–water partition coefficient (Wildman–Crippen LogP) is 0.648.